The normalized spacial score (nSPS) is 55.8. The zero-order valence-electron chi connectivity index (χ0n) is 5.84. The minimum atomic E-state index is 0.319. The molecule has 54 valence electrons. The molecule has 2 heteroatoms. The number of β-lactam (4-membered cyclic amide) rings is 1. The van der Waals surface area contributed by atoms with Gasteiger partial charge in [0.1, 0.15) is 0 Å². The molecule has 0 aromatic rings. The summed E-state index contributed by atoms with van der Waals surface area (Å²) >= 11 is 0. The van der Waals surface area contributed by atoms with Gasteiger partial charge in [-0.05, 0) is 31.1 Å². The van der Waals surface area contributed by atoms with Crippen LogP contribution in [0.1, 0.15) is 19.3 Å². The van der Waals surface area contributed by atoms with Crippen molar-refractivity contribution in [1.82, 2.24) is 5.32 Å². The van der Waals surface area contributed by atoms with Crippen LogP contribution in [0.3, 0.4) is 0 Å². The molecule has 1 amide bonds. The molecule has 2 nitrogen and oxygen atoms in total. The molecule has 3 aliphatic rings. The van der Waals surface area contributed by atoms with Crippen LogP contribution in [0.2, 0.25) is 0 Å². The van der Waals surface area contributed by atoms with Crippen LogP contribution in [0.25, 0.3) is 0 Å². The zero-order chi connectivity index (χ0) is 6.72. The minimum absolute atomic E-state index is 0.319. The summed E-state index contributed by atoms with van der Waals surface area (Å²) in [5.41, 5.74) is 0. The second kappa shape index (κ2) is 1.39. The highest BCUT2D eigenvalue weighted by molar-refractivity contribution is 5.86. The van der Waals surface area contributed by atoms with Gasteiger partial charge in [-0.3, -0.25) is 4.79 Å². The molecule has 2 aliphatic carbocycles. The lowest BCUT2D eigenvalue weighted by molar-refractivity contribution is -0.134. The first-order valence-electron chi connectivity index (χ1n) is 4.16. The van der Waals surface area contributed by atoms with Crippen LogP contribution in [0.5, 0.6) is 0 Å². The highest BCUT2D eigenvalue weighted by Crippen LogP contribution is 2.52. The molecular weight excluding hydrogens is 126 g/mol. The average molecular weight is 137 g/mol. The number of fused-ring (bicyclic) bond motifs is 3. The fraction of sp³-hybridized carbons (Fsp3) is 0.875. The van der Waals surface area contributed by atoms with Crippen molar-refractivity contribution in [3.05, 3.63) is 0 Å². The van der Waals surface area contributed by atoms with Gasteiger partial charge < -0.3 is 5.32 Å². The summed E-state index contributed by atoms with van der Waals surface area (Å²) in [5.74, 6) is 2.54. The second-order valence-electron chi connectivity index (χ2n) is 3.88. The Morgan fingerprint density at radius 3 is 2.80 bits per heavy atom. The average Bonchev–Trinajstić information content (AvgIpc) is 2.01. The Morgan fingerprint density at radius 1 is 1.40 bits per heavy atom. The van der Waals surface area contributed by atoms with Crippen molar-refractivity contribution >= 4 is 5.91 Å². The summed E-state index contributed by atoms with van der Waals surface area (Å²) in [6, 6.07) is 0.603. The Balaban J connectivity index is 1.88. The van der Waals surface area contributed by atoms with Gasteiger partial charge >= 0.3 is 0 Å². The lowest BCUT2D eigenvalue weighted by Crippen LogP contribution is -2.58. The Hall–Kier alpha value is -0.530. The molecule has 0 aromatic heterocycles. The van der Waals surface area contributed by atoms with Crippen molar-refractivity contribution in [2.45, 2.75) is 25.3 Å². The number of carbonyl (C=O) groups is 1. The quantitative estimate of drug-likeness (QED) is 0.485. The topological polar surface area (TPSA) is 29.1 Å². The molecule has 0 radical (unpaired) electrons. The van der Waals surface area contributed by atoms with Gasteiger partial charge in [-0.2, -0.15) is 0 Å². The highest BCUT2D eigenvalue weighted by Gasteiger charge is 2.56. The van der Waals surface area contributed by atoms with E-state index in [1.807, 2.05) is 0 Å². The van der Waals surface area contributed by atoms with E-state index in [1.54, 1.807) is 0 Å². The van der Waals surface area contributed by atoms with Gasteiger partial charge in [0.25, 0.3) is 0 Å². The van der Waals surface area contributed by atoms with Crippen LogP contribution in [0.4, 0.5) is 0 Å². The van der Waals surface area contributed by atoms with Gasteiger partial charge in [-0.15, -0.1) is 0 Å². The molecule has 3 fully saturated rings. The first kappa shape index (κ1) is 5.16. The Morgan fingerprint density at radius 2 is 2.30 bits per heavy atom. The Labute approximate surface area is 60.0 Å². The summed E-state index contributed by atoms with van der Waals surface area (Å²) < 4.78 is 0. The van der Waals surface area contributed by atoms with Gasteiger partial charge in [0.2, 0.25) is 5.91 Å². The van der Waals surface area contributed by atoms with Crippen LogP contribution in [-0.2, 0) is 4.79 Å². The van der Waals surface area contributed by atoms with Crippen LogP contribution in [-0.4, -0.2) is 11.9 Å². The largest absolute Gasteiger partial charge is 0.352 e. The summed E-state index contributed by atoms with van der Waals surface area (Å²) in [6.45, 7) is 0. The maximum Gasteiger partial charge on any atom is 0.225 e. The van der Waals surface area contributed by atoms with E-state index >= 15 is 0 Å². The molecule has 1 heterocycles. The zero-order valence-corrected chi connectivity index (χ0v) is 5.84. The molecule has 1 aliphatic heterocycles. The SMILES string of the molecule is O=C1N[C@H]2[C@H]3CC[C@H]3C[C@H]12. The maximum absolute atomic E-state index is 10.9. The third-order valence-corrected chi connectivity index (χ3v) is 3.57. The summed E-state index contributed by atoms with van der Waals surface area (Å²) in [5, 5.41) is 3.00. The van der Waals surface area contributed by atoms with Crippen molar-refractivity contribution in [2.75, 3.05) is 0 Å². The van der Waals surface area contributed by atoms with Crippen LogP contribution in [0, 0.1) is 17.8 Å². The maximum atomic E-state index is 10.9. The number of hydrogen-bond acceptors (Lipinski definition) is 1. The number of amides is 1. The second-order valence-corrected chi connectivity index (χ2v) is 3.88. The molecule has 0 spiro atoms. The molecule has 2 saturated carbocycles. The van der Waals surface area contributed by atoms with Crippen molar-refractivity contribution in [3.63, 3.8) is 0 Å². The predicted molar refractivity (Wildman–Crippen MR) is 36.3 cm³/mol. The molecule has 10 heavy (non-hydrogen) atoms. The fourth-order valence-corrected chi connectivity index (χ4v) is 2.78. The molecular formula is C8H11NO. The van der Waals surface area contributed by atoms with E-state index < -0.39 is 0 Å². The molecule has 4 atom stereocenters. The number of hydrogen-bond donors (Lipinski definition) is 1. The third kappa shape index (κ3) is 0.386. The number of rotatable bonds is 0. The standard InChI is InChI=1S/C8H11NO/c10-8-6-3-4-1-2-5(4)7(6)9-8/h4-7H,1-3H2,(H,9,10)/t4-,5-,6-,7-/m0/s1. The first-order chi connectivity index (χ1) is 4.86. The van der Waals surface area contributed by atoms with Crippen LogP contribution in [0.15, 0.2) is 0 Å². The van der Waals surface area contributed by atoms with Crippen LogP contribution < -0.4 is 5.32 Å². The summed E-state index contributed by atoms with van der Waals surface area (Å²) in [4.78, 5) is 10.9. The summed E-state index contributed by atoms with van der Waals surface area (Å²) in [7, 11) is 0. The van der Waals surface area contributed by atoms with Crippen molar-refractivity contribution in [3.8, 4) is 0 Å². The Bertz CT molecular complexity index is 201. The van der Waals surface area contributed by atoms with E-state index in [0.717, 1.165) is 11.8 Å². The molecule has 0 bridgehead atoms. The number of nitrogens with one attached hydrogen (secondary N) is 1. The first-order valence-corrected chi connectivity index (χ1v) is 4.16. The van der Waals surface area contributed by atoms with Crippen molar-refractivity contribution in [1.29, 1.82) is 0 Å². The van der Waals surface area contributed by atoms with Gasteiger partial charge in [-0.1, -0.05) is 0 Å². The smallest absolute Gasteiger partial charge is 0.225 e. The van der Waals surface area contributed by atoms with E-state index in [2.05, 4.69) is 5.32 Å². The third-order valence-electron chi connectivity index (χ3n) is 3.57. The van der Waals surface area contributed by atoms with Crippen LogP contribution >= 0.6 is 0 Å². The van der Waals surface area contributed by atoms with E-state index in [1.165, 1.54) is 19.3 Å². The van der Waals surface area contributed by atoms with Gasteiger partial charge in [-0.25, -0.2) is 0 Å². The lowest BCUT2D eigenvalue weighted by Gasteiger charge is -2.38. The van der Waals surface area contributed by atoms with Crippen molar-refractivity contribution < 1.29 is 4.79 Å². The van der Waals surface area contributed by atoms with E-state index in [4.69, 9.17) is 0 Å². The summed E-state index contributed by atoms with van der Waals surface area (Å²) in [6.07, 6.45) is 3.94. The van der Waals surface area contributed by atoms with Crippen molar-refractivity contribution in [2.24, 2.45) is 17.8 Å². The fourth-order valence-electron chi connectivity index (χ4n) is 2.78. The monoisotopic (exact) mass is 137 g/mol. The molecule has 0 unspecified atom stereocenters. The predicted octanol–water partition coefficient (Wildman–Crippen LogP) is 0.531. The molecule has 1 saturated heterocycles. The highest BCUT2D eigenvalue weighted by atomic mass is 16.2. The molecule has 1 N–H and O–H groups in total. The Kier molecular flexibility index (Phi) is 0.715. The van der Waals surface area contributed by atoms with E-state index in [9.17, 15) is 4.79 Å². The van der Waals surface area contributed by atoms with E-state index in [0.29, 0.717) is 17.9 Å². The molecule has 0 aromatic carbocycles. The number of carbonyl (C=O) groups excluding carboxylic acids is 1. The lowest BCUT2D eigenvalue weighted by atomic mass is 9.74. The van der Waals surface area contributed by atoms with Gasteiger partial charge in [0, 0.05) is 6.04 Å². The van der Waals surface area contributed by atoms with E-state index in [-0.39, 0.29) is 0 Å². The minimum Gasteiger partial charge on any atom is -0.352 e. The molecule has 3 rings (SSSR count). The van der Waals surface area contributed by atoms with Gasteiger partial charge in [0.15, 0.2) is 0 Å². The van der Waals surface area contributed by atoms with Gasteiger partial charge in [0.05, 0.1) is 5.92 Å².